The van der Waals surface area contributed by atoms with Crippen molar-refractivity contribution in [2.24, 2.45) is 17.3 Å². The van der Waals surface area contributed by atoms with Crippen LogP contribution in [0.4, 0.5) is 0 Å². The predicted octanol–water partition coefficient (Wildman–Crippen LogP) is 4.31. The molecular weight excluding hydrogens is 434 g/mol. The Morgan fingerprint density at radius 2 is 1.91 bits per heavy atom. The first-order valence-corrected chi connectivity index (χ1v) is 13.6. The largest absolute Gasteiger partial charge is 0.355 e. The molecule has 7 heteroatoms. The normalized spacial score (nSPS) is 19.0. The van der Waals surface area contributed by atoms with Gasteiger partial charge in [-0.1, -0.05) is 34.6 Å². The number of nitrogens with zero attached hydrogens (tertiary/aromatic N) is 1. The van der Waals surface area contributed by atoms with Crippen molar-refractivity contribution >= 4 is 26.7 Å². The topological polar surface area (TPSA) is 88.2 Å². The third-order valence-electron chi connectivity index (χ3n) is 6.51. The summed E-state index contributed by atoms with van der Waals surface area (Å²) < 4.78 is 29.9. The maximum atomic E-state index is 13.5. The number of aromatic nitrogens is 1. The first kappa shape index (κ1) is 24.1. The van der Waals surface area contributed by atoms with Gasteiger partial charge in [0.2, 0.25) is 15.9 Å². The Kier molecular flexibility index (Phi) is 6.58. The van der Waals surface area contributed by atoms with E-state index in [1.807, 2.05) is 26.1 Å². The lowest BCUT2D eigenvalue weighted by molar-refractivity contribution is -0.125. The zero-order chi connectivity index (χ0) is 24.0. The maximum Gasteiger partial charge on any atom is 0.241 e. The van der Waals surface area contributed by atoms with Gasteiger partial charge in [0.25, 0.3) is 0 Å². The molecule has 0 radical (unpaired) electrons. The van der Waals surface area contributed by atoms with Crippen molar-refractivity contribution in [2.45, 2.75) is 77.5 Å². The molecule has 0 aliphatic heterocycles. The van der Waals surface area contributed by atoms with Crippen LogP contribution in [0, 0.1) is 17.3 Å². The lowest BCUT2D eigenvalue weighted by Gasteiger charge is -2.28. The smallest absolute Gasteiger partial charge is 0.241 e. The van der Waals surface area contributed by atoms with Crippen molar-refractivity contribution in [1.82, 2.24) is 15.0 Å². The number of carbonyl (C=O) groups excluding carboxylic acids is 1. The number of carbonyl (C=O) groups is 1. The highest BCUT2D eigenvalue weighted by Crippen LogP contribution is 2.42. The van der Waals surface area contributed by atoms with Crippen LogP contribution in [0.5, 0.6) is 0 Å². The molecule has 1 saturated carbocycles. The number of benzene rings is 1. The van der Waals surface area contributed by atoms with Gasteiger partial charge in [-0.15, -0.1) is 0 Å². The van der Waals surface area contributed by atoms with E-state index in [2.05, 4.69) is 41.9 Å². The quantitative estimate of drug-likeness (QED) is 0.630. The van der Waals surface area contributed by atoms with Crippen molar-refractivity contribution in [3.8, 4) is 0 Å². The molecule has 1 amide bonds. The first-order valence-electron chi connectivity index (χ1n) is 12.2. The molecule has 0 bridgehead atoms. The highest BCUT2D eigenvalue weighted by molar-refractivity contribution is 7.89. The zero-order valence-electron chi connectivity index (χ0n) is 20.5. The van der Waals surface area contributed by atoms with Gasteiger partial charge in [0.05, 0.1) is 4.90 Å². The van der Waals surface area contributed by atoms with Crippen LogP contribution in [0.15, 0.2) is 23.2 Å². The minimum absolute atomic E-state index is 0.0205. The van der Waals surface area contributed by atoms with Crippen LogP contribution in [0.3, 0.4) is 0 Å². The molecule has 1 atom stereocenters. The Hall–Kier alpha value is -1.99. The Morgan fingerprint density at radius 3 is 2.55 bits per heavy atom. The van der Waals surface area contributed by atoms with Gasteiger partial charge in [0.15, 0.2) is 0 Å². The monoisotopic (exact) mass is 471 g/mol. The number of sulfonamides is 1. The summed E-state index contributed by atoms with van der Waals surface area (Å²) in [4.78, 5) is 17.9. The van der Waals surface area contributed by atoms with E-state index in [-0.39, 0.29) is 23.2 Å². The average molecular weight is 472 g/mol. The molecular formula is C26H37N3O3S. The molecule has 0 saturated heterocycles. The fourth-order valence-corrected chi connectivity index (χ4v) is 6.22. The van der Waals surface area contributed by atoms with Crippen molar-refractivity contribution < 1.29 is 13.2 Å². The summed E-state index contributed by atoms with van der Waals surface area (Å²) in [5.41, 5.74) is 2.83. The summed E-state index contributed by atoms with van der Waals surface area (Å²) in [6, 6.07) is 4.04. The number of hydrogen-bond donors (Lipinski definition) is 2. The summed E-state index contributed by atoms with van der Waals surface area (Å²) >= 11 is 0. The minimum atomic E-state index is -3.69. The highest BCUT2D eigenvalue weighted by Gasteiger charge is 2.33. The molecule has 33 heavy (non-hydrogen) atoms. The summed E-state index contributed by atoms with van der Waals surface area (Å²) in [6.07, 6.45) is 5.83. The SMILES string of the molecule is CC(C)CNS(=O)(=O)c1c2c(cc3cnc(C4CC4)cc13)CC(C(=O)NCC(C)(C)C)CC2. The van der Waals surface area contributed by atoms with Crippen LogP contribution in [0.25, 0.3) is 10.8 Å². The molecule has 2 aromatic rings. The van der Waals surface area contributed by atoms with Crippen LogP contribution in [0.1, 0.15) is 76.6 Å². The van der Waals surface area contributed by atoms with Crippen LogP contribution >= 0.6 is 0 Å². The van der Waals surface area contributed by atoms with Gasteiger partial charge < -0.3 is 5.32 Å². The zero-order valence-corrected chi connectivity index (χ0v) is 21.3. The number of pyridine rings is 1. The molecule has 1 aromatic carbocycles. The number of fused-ring (bicyclic) bond motifs is 2. The van der Waals surface area contributed by atoms with Crippen molar-refractivity contribution in [3.05, 3.63) is 35.2 Å². The van der Waals surface area contributed by atoms with E-state index in [9.17, 15) is 13.2 Å². The van der Waals surface area contributed by atoms with E-state index < -0.39 is 10.0 Å². The van der Waals surface area contributed by atoms with Crippen molar-refractivity contribution in [1.29, 1.82) is 0 Å². The predicted molar refractivity (Wildman–Crippen MR) is 132 cm³/mol. The van der Waals surface area contributed by atoms with Gasteiger partial charge in [0, 0.05) is 47.6 Å². The van der Waals surface area contributed by atoms with Gasteiger partial charge in [-0.2, -0.15) is 0 Å². The maximum absolute atomic E-state index is 13.5. The van der Waals surface area contributed by atoms with Gasteiger partial charge in [-0.3, -0.25) is 9.78 Å². The second-order valence-electron chi connectivity index (χ2n) is 11.4. The second-order valence-corrected chi connectivity index (χ2v) is 13.1. The molecule has 2 N–H and O–H groups in total. The Morgan fingerprint density at radius 1 is 1.18 bits per heavy atom. The fraction of sp³-hybridized carbons (Fsp3) is 0.615. The van der Waals surface area contributed by atoms with E-state index in [0.717, 1.165) is 40.4 Å². The van der Waals surface area contributed by atoms with E-state index in [0.29, 0.717) is 43.2 Å². The van der Waals surface area contributed by atoms with E-state index in [1.54, 1.807) is 0 Å². The first-order chi connectivity index (χ1) is 15.4. The Balaban J connectivity index is 1.73. The van der Waals surface area contributed by atoms with Gasteiger partial charge >= 0.3 is 0 Å². The molecule has 2 aliphatic rings. The van der Waals surface area contributed by atoms with Gasteiger partial charge in [-0.05, 0) is 66.7 Å². The molecule has 6 nitrogen and oxygen atoms in total. The van der Waals surface area contributed by atoms with Crippen LogP contribution in [-0.4, -0.2) is 32.4 Å². The lowest BCUT2D eigenvalue weighted by atomic mass is 9.82. The summed E-state index contributed by atoms with van der Waals surface area (Å²) in [6.45, 7) is 11.3. The number of rotatable bonds is 7. The standard InChI is InChI=1S/C26H37N3O3S/c1-16(2)13-29-33(31,32)24-21-9-8-18(25(30)28-15-26(3,4)5)10-19(21)11-20-14-27-23(12-22(20)24)17-6-7-17/h11-12,14,16-18,29H,6-10,13,15H2,1-5H3,(H,28,30). The summed E-state index contributed by atoms with van der Waals surface area (Å²) in [7, 11) is -3.69. The Labute approximate surface area is 198 Å². The third-order valence-corrected chi connectivity index (χ3v) is 8.06. The molecule has 1 fully saturated rings. The Bertz CT molecular complexity index is 1160. The molecule has 180 valence electrons. The van der Waals surface area contributed by atoms with Gasteiger partial charge in [0.1, 0.15) is 0 Å². The number of amides is 1. The third kappa shape index (κ3) is 5.57. The second kappa shape index (κ2) is 8.99. The van der Waals surface area contributed by atoms with Gasteiger partial charge in [-0.25, -0.2) is 13.1 Å². The molecule has 2 aliphatic carbocycles. The van der Waals surface area contributed by atoms with Crippen LogP contribution in [-0.2, 0) is 27.7 Å². The summed E-state index contributed by atoms with van der Waals surface area (Å²) in [5, 5.41) is 4.68. The summed E-state index contributed by atoms with van der Waals surface area (Å²) in [5.74, 6) is 0.570. The highest BCUT2D eigenvalue weighted by atomic mass is 32.2. The number of hydrogen-bond acceptors (Lipinski definition) is 4. The van der Waals surface area contributed by atoms with E-state index in [1.165, 1.54) is 0 Å². The van der Waals surface area contributed by atoms with E-state index >= 15 is 0 Å². The van der Waals surface area contributed by atoms with Crippen LogP contribution in [0.2, 0.25) is 0 Å². The number of nitrogens with one attached hydrogen (secondary N) is 2. The lowest BCUT2D eigenvalue weighted by Crippen LogP contribution is -2.39. The van der Waals surface area contributed by atoms with Crippen LogP contribution < -0.4 is 10.0 Å². The minimum Gasteiger partial charge on any atom is -0.355 e. The van der Waals surface area contributed by atoms with E-state index in [4.69, 9.17) is 0 Å². The molecule has 0 spiro atoms. The van der Waals surface area contributed by atoms with Crippen molar-refractivity contribution in [2.75, 3.05) is 13.1 Å². The molecule has 1 aromatic heterocycles. The van der Waals surface area contributed by atoms with Crippen molar-refractivity contribution in [3.63, 3.8) is 0 Å². The molecule has 4 rings (SSSR count). The fourth-order valence-electron chi connectivity index (χ4n) is 4.50. The average Bonchev–Trinajstić information content (AvgIpc) is 3.58. The molecule has 1 unspecified atom stereocenters. The molecule has 1 heterocycles.